The van der Waals surface area contributed by atoms with Crippen molar-refractivity contribution >= 4 is 5.69 Å². The molecule has 1 atom stereocenters. The number of nitrogens with one attached hydrogen (secondary N) is 1. The Balaban J connectivity index is 2.09. The van der Waals surface area contributed by atoms with E-state index in [-0.39, 0.29) is 11.9 Å². The Morgan fingerprint density at radius 1 is 1.15 bits per heavy atom. The van der Waals surface area contributed by atoms with Crippen LogP contribution in [0.3, 0.4) is 0 Å². The van der Waals surface area contributed by atoms with Crippen LogP contribution in [0.15, 0.2) is 42.5 Å². The van der Waals surface area contributed by atoms with Crippen molar-refractivity contribution in [2.75, 3.05) is 11.9 Å². The van der Waals surface area contributed by atoms with Crippen LogP contribution in [0.25, 0.3) is 0 Å². The van der Waals surface area contributed by atoms with Gasteiger partial charge < -0.3 is 10.1 Å². The molecular formula is C17H20FNO. The predicted octanol–water partition coefficient (Wildman–Crippen LogP) is 4.71. The van der Waals surface area contributed by atoms with Gasteiger partial charge in [-0.25, -0.2) is 4.39 Å². The lowest BCUT2D eigenvalue weighted by Gasteiger charge is -2.16. The molecule has 106 valence electrons. The van der Waals surface area contributed by atoms with Gasteiger partial charge in [-0.15, -0.1) is 0 Å². The Bertz CT molecular complexity index is 566. The van der Waals surface area contributed by atoms with Crippen molar-refractivity contribution < 1.29 is 9.13 Å². The molecule has 3 heteroatoms. The molecule has 0 heterocycles. The maximum absolute atomic E-state index is 13.8. The second-order valence-electron chi connectivity index (χ2n) is 4.85. The topological polar surface area (TPSA) is 21.3 Å². The highest BCUT2D eigenvalue weighted by Gasteiger charge is 2.08. The van der Waals surface area contributed by atoms with E-state index in [9.17, 15) is 4.39 Å². The molecule has 0 aliphatic rings. The Labute approximate surface area is 119 Å². The lowest BCUT2D eigenvalue weighted by molar-refractivity contribution is 0.321. The molecule has 0 radical (unpaired) electrons. The minimum atomic E-state index is -0.340. The molecule has 2 nitrogen and oxygen atoms in total. The molecular weight excluding hydrogens is 253 g/mol. The molecule has 1 N–H and O–H groups in total. The molecule has 0 amide bonds. The zero-order valence-corrected chi connectivity index (χ0v) is 12.1. The second-order valence-corrected chi connectivity index (χ2v) is 4.85. The lowest BCUT2D eigenvalue weighted by Crippen LogP contribution is -2.07. The van der Waals surface area contributed by atoms with Crippen LogP contribution in [0.2, 0.25) is 0 Å². The minimum Gasteiger partial charge on any atom is -0.491 e. The van der Waals surface area contributed by atoms with E-state index in [0.29, 0.717) is 12.4 Å². The summed E-state index contributed by atoms with van der Waals surface area (Å²) in [6.07, 6.45) is 0. The number of hydrogen-bond acceptors (Lipinski definition) is 2. The van der Waals surface area contributed by atoms with Crippen LogP contribution in [0.5, 0.6) is 5.75 Å². The molecule has 2 rings (SSSR count). The van der Waals surface area contributed by atoms with E-state index in [1.165, 1.54) is 17.2 Å². The van der Waals surface area contributed by atoms with Crippen molar-refractivity contribution in [3.05, 3.63) is 59.4 Å². The second kappa shape index (κ2) is 6.42. The van der Waals surface area contributed by atoms with E-state index in [1.54, 1.807) is 6.07 Å². The van der Waals surface area contributed by atoms with Gasteiger partial charge in [0.2, 0.25) is 0 Å². The fraction of sp³-hybridized carbons (Fsp3) is 0.294. The first kappa shape index (κ1) is 14.4. The average molecular weight is 273 g/mol. The zero-order valence-electron chi connectivity index (χ0n) is 12.1. The first-order valence-corrected chi connectivity index (χ1v) is 6.85. The number of anilines is 1. The van der Waals surface area contributed by atoms with Crippen molar-refractivity contribution in [2.45, 2.75) is 26.8 Å². The van der Waals surface area contributed by atoms with Crippen molar-refractivity contribution in [1.82, 2.24) is 0 Å². The number of halogens is 1. The van der Waals surface area contributed by atoms with Gasteiger partial charge in [0.1, 0.15) is 0 Å². The van der Waals surface area contributed by atoms with Gasteiger partial charge in [0, 0.05) is 17.8 Å². The number of ether oxygens (including phenoxy) is 1. The summed E-state index contributed by atoms with van der Waals surface area (Å²) < 4.78 is 19.0. The quantitative estimate of drug-likeness (QED) is 0.852. The van der Waals surface area contributed by atoms with Crippen LogP contribution in [0.4, 0.5) is 10.1 Å². The molecule has 0 bridgehead atoms. The standard InChI is InChI=1S/C17H20FNO/c1-4-20-17-10-9-15(11-16(17)18)19-13(3)14-7-5-12(2)6-8-14/h5-11,13,19H,4H2,1-3H3. The fourth-order valence-electron chi connectivity index (χ4n) is 2.05. The molecule has 2 aromatic carbocycles. The molecule has 0 aliphatic carbocycles. The molecule has 20 heavy (non-hydrogen) atoms. The van der Waals surface area contributed by atoms with Crippen LogP contribution in [0, 0.1) is 12.7 Å². The normalized spacial score (nSPS) is 12.0. The van der Waals surface area contributed by atoms with Gasteiger partial charge in [-0.05, 0) is 38.5 Å². The molecule has 0 fully saturated rings. The molecule has 2 aromatic rings. The van der Waals surface area contributed by atoms with Crippen LogP contribution >= 0.6 is 0 Å². The van der Waals surface area contributed by atoms with E-state index in [0.717, 1.165) is 5.69 Å². The summed E-state index contributed by atoms with van der Waals surface area (Å²) in [4.78, 5) is 0. The molecule has 0 aliphatic heterocycles. The summed E-state index contributed by atoms with van der Waals surface area (Å²) in [7, 11) is 0. The van der Waals surface area contributed by atoms with Crippen molar-refractivity contribution in [3.63, 3.8) is 0 Å². The fourth-order valence-corrected chi connectivity index (χ4v) is 2.05. The Hall–Kier alpha value is -2.03. The number of benzene rings is 2. The van der Waals surface area contributed by atoms with Crippen molar-refractivity contribution in [2.24, 2.45) is 0 Å². The third-order valence-electron chi connectivity index (χ3n) is 3.19. The first-order chi connectivity index (χ1) is 9.60. The van der Waals surface area contributed by atoms with Gasteiger partial charge in [0.05, 0.1) is 6.61 Å². The van der Waals surface area contributed by atoms with Gasteiger partial charge in [0.15, 0.2) is 11.6 Å². The van der Waals surface area contributed by atoms with E-state index in [1.807, 2.05) is 13.0 Å². The first-order valence-electron chi connectivity index (χ1n) is 6.85. The van der Waals surface area contributed by atoms with E-state index < -0.39 is 0 Å². The number of aryl methyl sites for hydroxylation is 1. The summed E-state index contributed by atoms with van der Waals surface area (Å²) in [6, 6.07) is 13.4. The van der Waals surface area contributed by atoms with E-state index in [2.05, 4.69) is 43.4 Å². The summed E-state index contributed by atoms with van der Waals surface area (Å²) in [6.45, 7) is 6.41. The highest BCUT2D eigenvalue weighted by atomic mass is 19.1. The third-order valence-corrected chi connectivity index (χ3v) is 3.19. The van der Waals surface area contributed by atoms with Gasteiger partial charge in [0.25, 0.3) is 0 Å². The summed E-state index contributed by atoms with van der Waals surface area (Å²) in [5.41, 5.74) is 3.15. The van der Waals surface area contributed by atoms with Crippen LogP contribution in [0.1, 0.15) is 31.0 Å². The van der Waals surface area contributed by atoms with Crippen LogP contribution in [-0.2, 0) is 0 Å². The molecule has 0 aromatic heterocycles. The predicted molar refractivity (Wildman–Crippen MR) is 80.8 cm³/mol. The average Bonchev–Trinajstić information content (AvgIpc) is 2.42. The number of hydrogen-bond donors (Lipinski definition) is 1. The minimum absolute atomic E-state index is 0.118. The summed E-state index contributed by atoms with van der Waals surface area (Å²) in [5, 5.41) is 3.29. The van der Waals surface area contributed by atoms with Crippen molar-refractivity contribution in [3.8, 4) is 5.75 Å². The Morgan fingerprint density at radius 3 is 2.45 bits per heavy atom. The number of rotatable bonds is 5. The zero-order chi connectivity index (χ0) is 14.5. The monoisotopic (exact) mass is 273 g/mol. The molecule has 1 unspecified atom stereocenters. The van der Waals surface area contributed by atoms with Gasteiger partial charge >= 0.3 is 0 Å². The van der Waals surface area contributed by atoms with Gasteiger partial charge in [-0.3, -0.25) is 0 Å². The van der Waals surface area contributed by atoms with Crippen molar-refractivity contribution in [1.29, 1.82) is 0 Å². The van der Waals surface area contributed by atoms with Crippen LogP contribution in [-0.4, -0.2) is 6.61 Å². The summed E-state index contributed by atoms with van der Waals surface area (Å²) in [5.74, 6) is -0.0472. The molecule has 0 saturated carbocycles. The molecule has 0 spiro atoms. The highest BCUT2D eigenvalue weighted by molar-refractivity contribution is 5.49. The Morgan fingerprint density at radius 2 is 1.85 bits per heavy atom. The lowest BCUT2D eigenvalue weighted by atomic mass is 10.1. The van der Waals surface area contributed by atoms with E-state index in [4.69, 9.17) is 4.74 Å². The summed E-state index contributed by atoms with van der Waals surface area (Å²) >= 11 is 0. The maximum Gasteiger partial charge on any atom is 0.167 e. The SMILES string of the molecule is CCOc1ccc(NC(C)c2ccc(C)cc2)cc1F. The maximum atomic E-state index is 13.8. The highest BCUT2D eigenvalue weighted by Crippen LogP contribution is 2.24. The smallest absolute Gasteiger partial charge is 0.167 e. The van der Waals surface area contributed by atoms with Gasteiger partial charge in [-0.1, -0.05) is 29.8 Å². The van der Waals surface area contributed by atoms with E-state index >= 15 is 0 Å². The third kappa shape index (κ3) is 3.50. The van der Waals surface area contributed by atoms with Crippen LogP contribution < -0.4 is 10.1 Å². The van der Waals surface area contributed by atoms with Gasteiger partial charge in [-0.2, -0.15) is 0 Å². The Kier molecular flexibility index (Phi) is 4.61. The largest absolute Gasteiger partial charge is 0.491 e. The molecule has 0 saturated heterocycles.